The number of benzene rings is 2. The molecule has 0 fully saturated rings. The van der Waals surface area contributed by atoms with Crippen LogP contribution in [0.15, 0.2) is 78.1 Å². The molecule has 3 heteroatoms. The number of carbonyl (C=O) groups excluding carboxylic acids is 1. The monoisotopic (exact) mass is 360 g/mol. The minimum absolute atomic E-state index is 0.0203. The van der Waals surface area contributed by atoms with Crippen molar-refractivity contribution in [2.75, 3.05) is 7.11 Å². The van der Waals surface area contributed by atoms with Gasteiger partial charge >= 0.3 is 0 Å². The predicted octanol–water partition coefficient (Wildman–Crippen LogP) is 5.32. The summed E-state index contributed by atoms with van der Waals surface area (Å²) in [6.07, 6.45) is 1.71. The van der Waals surface area contributed by atoms with E-state index >= 15 is 0 Å². The summed E-state index contributed by atoms with van der Waals surface area (Å²) < 4.78 is 5.13. The van der Waals surface area contributed by atoms with Crippen LogP contribution in [-0.2, 0) is 10.2 Å². The Hall–Kier alpha value is -3.07. The number of ketones is 1. The van der Waals surface area contributed by atoms with Gasteiger partial charge in [0.05, 0.1) is 18.3 Å². The number of allylic oxidation sites excluding steroid dienone is 4. The zero-order chi connectivity index (χ0) is 19.8. The van der Waals surface area contributed by atoms with Crippen LogP contribution in [0, 0.1) is 6.92 Å². The third-order valence-electron chi connectivity index (χ3n) is 5.28. The minimum Gasteiger partial charge on any atom is -0.506 e. The van der Waals surface area contributed by atoms with Crippen molar-refractivity contribution in [2.45, 2.75) is 26.2 Å². The molecule has 1 aliphatic rings. The number of hydrogen-bond acceptors (Lipinski definition) is 3. The third kappa shape index (κ3) is 3.21. The van der Waals surface area contributed by atoms with E-state index in [1.165, 1.54) is 5.56 Å². The first-order valence-electron chi connectivity index (χ1n) is 8.87. The van der Waals surface area contributed by atoms with Gasteiger partial charge < -0.3 is 9.84 Å². The fourth-order valence-electron chi connectivity index (χ4n) is 3.38. The van der Waals surface area contributed by atoms with Crippen molar-refractivity contribution in [1.82, 2.24) is 0 Å². The molecule has 3 nitrogen and oxygen atoms in total. The topological polar surface area (TPSA) is 46.5 Å². The maximum absolute atomic E-state index is 12.6. The van der Waals surface area contributed by atoms with E-state index in [4.69, 9.17) is 4.74 Å². The number of Topliss-reactive ketones (excluding diaryl/α,β-unsaturated/α-hetero) is 1. The number of carbonyl (C=O) groups is 1. The molecule has 0 amide bonds. The SMILES string of the molecule is C=C(/C=C1/C(=O)C(c2ccc(OC)cc2)=C1O)C(C)(C)c1ccccc1C. The van der Waals surface area contributed by atoms with Crippen molar-refractivity contribution >= 4 is 11.4 Å². The Bertz CT molecular complexity index is 973. The van der Waals surface area contributed by atoms with Crippen LogP contribution in [-0.4, -0.2) is 18.0 Å². The maximum Gasteiger partial charge on any atom is 0.201 e. The quantitative estimate of drug-likeness (QED) is 0.735. The van der Waals surface area contributed by atoms with E-state index in [0.717, 1.165) is 11.1 Å². The highest BCUT2D eigenvalue weighted by molar-refractivity contribution is 6.39. The van der Waals surface area contributed by atoms with Crippen molar-refractivity contribution in [3.63, 3.8) is 0 Å². The molecule has 2 aromatic rings. The number of methoxy groups -OCH3 is 1. The molecule has 1 N–H and O–H groups in total. The molecule has 0 saturated carbocycles. The van der Waals surface area contributed by atoms with Crippen LogP contribution >= 0.6 is 0 Å². The highest BCUT2D eigenvalue weighted by atomic mass is 16.5. The number of rotatable bonds is 5. The van der Waals surface area contributed by atoms with Gasteiger partial charge in [-0.15, -0.1) is 0 Å². The van der Waals surface area contributed by atoms with E-state index in [1.807, 2.05) is 12.1 Å². The third-order valence-corrected chi connectivity index (χ3v) is 5.28. The van der Waals surface area contributed by atoms with Crippen LogP contribution in [0.4, 0.5) is 0 Å². The van der Waals surface area contributed by atoms with E-state index < -0.39 is 0 Å². The summed E-state index contributed by atoms with van der Waals surface area (Å²) in [5, 5.41) is 10.5. The molecule has 0 atom stereocenters. The molecule has 27 heavy (non-hydrogen) atoms. The summed E-state index contributed by atoms with van der Waals surface area (Å²) in [5.41, 5.74) is 4.07. The summed E-state index contributed by atoms with van der Waals surface area (Å²) >= 11 is 0. The normalized spacial score (nSPS) is 15.7. The lowest BCUT2D eigenvalue weighted by atomic mass is 9.74. The molecule has 3 rings (SSSR count). The predicted molar refractivity (Wildman–Crippen MR) is 109 cm³/mol. The first-order chi connectivity index (χ1) is 12.8. The van der Waals surface area contributed by atoms with Crippen molar-refractivity contribution < 1.29 is 14.6 Å². The maximum atomic E-state index is 12.6. The number of aryl methyl sites for hydroxylation is 1. The van der Waals surface area contributed by atoms with Crippen LogP contribution in [0.25, 0.3) is 5.57 Å². The summed E-state index contributed by atoms with van der Waals surface area (Å²) in [5.74, 6) is 0.557. The van der Waals surface area contributed by atoms with Crippen LogP contribution in [0.5, 0.6) is 5.75 Å². The molecule has 0 aromatic heterocycles. The zero-order valence-corrected chi connectivity index (χ0v) is 16.2. The van der Waals surface area contributed by atoms with Gasteiger partial charge in [-0.1, -0.05) is 56.8 Å². The Balaban J connectivity index is 1.91. The molecular formula is C24H24O3. The second kappa shape index (κ2) is 6.92. The molecule has 0 saturated heterocycles. The van der Waals surface area contributed by atoms with Gasteiger partial charge in [-0.25, -0.2) is 0 Å². The largest absolute Gasteiger partial charge is 0.506 e. The van der Waals surface area contributed by atoms with Gasteiger partial charge in [-0.2, -0.15) is 0 Å². The van der Waals surface area contributed by atoms with Gasteiger partial charge in [0.15, 0.2) is 0 Å². The van der Waals surface area contributed by atoms with E-state index in [0.29, 0.717) is 22.5 Å². The number of ether oxygens (including phenoxy) is 1. The van der Waals surface area contributed by atoms with Crippen molar-refractivity contribution in [1.29, 1.82) is 0 Å². The van der Waals surface area contributed by atoms with Crippen molar-refractivity contribution in [2.24, 2.45) is 0 Å². The molecule has 0 radical (unpaired) electrons. The highest BCUT2D eigenvalue weighted by Crippen LogP contribution is 2.40. The van der Waals surface area contributed by atoms with Crippen LogP contribution in [0.3, 0.4) is 0 Å². The van der Waals surface area contributed by atoms with Gasteiger partial charge in [-0.3, -0.25) is 4.79 Å². The Morgan fingerprint density at radius 3 is 2.30 bits per heavy atom. The standard InChI is InChI=1S/C24H24O3/c1-15-8-6-7-9-20(15)24(3,4)16(2)14-19-22(25)21(23(19)26)17-10-12-18(27-5)13-11-17/h6-14,25H,2H2,1,3-5H3/b19-14+. The Labute approximate surface area is 160 Å². The van der Waals surface area contributed by atoms with E-state index in [1.54, 1.807) is 37.5 Å². The van der Waals surface area contributed by atoms with Gasteiger partial charge in [-0.05, 0) is 47.4 Å². The van der Waals surface area contributed by atoms with E-state index in [2.05, 4.69) is 39.5 Å². The Morgan fingerprint density at radius 2 is 1.74 bits per heavy atom. The molecule has 0 unspecified atom stereocenters. The summed E-state index contributed by atoms with van der Waals surface area (Å²) in [6.45, 7) is 10.4. The number of aliphatic hydroxyl groups is 1. The first kappa shape index (κ1) is 18.7. The van der Waals surface area contributed by atoms with Crippen molar-refractivity contribution in [3.8, 4) is 5.75 Å². The second-order valence-electron chi connectivity index (χ2n) is 7.30. The Morgan fingerprint density at radius 1 is 1.11 bits per heavy atom. The highest BCUT2D eigenvalue weighted by Gasteiger charge is 2.36. The van der Waals surface area contributed by atoms with Gasteiger partial charge in [0, 0.05) is 5.41 Å². The molecule has 0 bridgehead atoms. The molecule has 0 heterocycles. The fourth-order valence-corrected chi connectivity index (χ4v) is 3.38. The zero-order valence-electron chi connectivity index (χ0n) is 16.2. The lowest BCUT2D eigenvalue weighted by Gasteiger charge is -2.30. The average molecular weight is 360 g/mol. The molecule has 0 spiro atoms. The fraction of sp³-hybridized carbons (Fsp3) is 0.208. The first-order valence-corrected chi connectivity index (χ1v) is 8.87. The second-order valence-corrected chi connectivity index (χ2v) is 7.30. The average Bonchev–Trinajstić information content (AvgIpc) is 2.66. The summed E-state index contributed by atoms with van der Waals surface area (Å²) in [6, 6.07) is 15.2. The van der Waals surface area contributed by atoms with Crippen LogP contribution < -0.4 is 4.74 Å². The van der Waals surface area contributed by atoms with E-state index in [-0.39, 0.29) is 17.0 Å². The van der Waals surface area contributed by atoms with Crippen LogP contribution in [0.1, 0.15) is 30.5 Å². The van der Waals surface area contributed by atoms with Gasteiger partial charge in [0.1, 0.15) is 11.5 Å². The molecule has 1 aliphatic carbocycles. The lowest BCUT2D eigenvalue weighted by molar-refractivity contribution is -0.111. The smallest absolute Gasteiger partial charge is 0.201 e. The number of hydrogen-bond donors (Lipinski definition) is 1. The van der Waals surface area contributed by atoms with Gasteiger partial charge in [0.2, 0.25) is 5.78 Å². The molecule has 138 valence electrons. The summed E-state index contributed by atoms with van der Waals surface area (Å²) in [4.78, 5) is 12.6. The number of aliphatic hydroxyl groups excluding tert-OH is 1. The summed E-state index contributed by atoms with van der Waals surface area (Å²) in [7, 11) is 1.59. The lowest BCUT2D eigenvalue weighted by Crippen LogP contribution is -2.24. The molecule has 0 aliphatic heterocycles. The molecule has 2 aromatic carbocycles. The van der Waals surface area contributed by atoms with Gasteiger partial charge in [0.25, 0.3) is 0 Å². The van der Waals surface area contributed by atoms with Crippen LogP contribution in [0.2, 0.25) is 0 Å². The van der Waals surface area contributed by atoms with E-state index in [9.17, 15) is 9.90 Å². The molecular weight excluding hydrogens is 336 g/mol. The Kier molecular flexibility index (Phi) is 4.79. The van der Waals surface area contributed by atoms with Crippen molar-refractivity contribution in [3.05, 3.63) is 94.8 Å². The minimum atomic E-state index is -0.352.